The van der Waals surface area contributed by atoms with Crippen LogP contribution in [-0.4, -0.2) is 65.5 Å². The highest BCUT2D eigenvalue weighted by molar-refractivity contribution is 8.14. The third-order valence-electron chi connectivity index (χ3n) is 5.17. The van der Waals surface area contributed by atoms with Crippen molar-refractivity contribution in [1.82, 2.24) is 9.91 Å². The molecule has 2 atom stereocenters. The lowest BCUT2D eigenvalue weighted by Crippen LogP contribution is -2.42. The molecule has 0 unspecified atom stereocenters. The normalized spacial score (nSPS) is 25.1. The van der Waals surface area contributed by atoms with Gasteiger partial charge < -0.3 is 4.90 Å². The third-order valence-corrected chi connectivity index (χ3v) is 7.85. The number of amides is 1. The fourth-order valence-corrected chi connectivity index (χ4v) is 6.47. The first kappa shape index (κ1) is 18.5. The predicted octanol–water partition coefficient (Wildman–Crippen LogP) is 2.19. The van der Waals surface area contributed by atoms with Crippen molar-refractivity contribution in [3.63, 3.8) is 0 Å². The first-order valence-corrected chi connectivity index (χ1v) is 11.9. The maximum Gasteiger partial charge on any atom is 0.233 e. The van der Waals surface area contributed by atoms with E-state index in [0.29, 0.717) is 13.0 Å². The molecule has 4 rings (SSSR count). The highest BCUT2D eigenvalue weighted by Crippen LogP contribution is 2.40. The number of fused-ring (bicyclic) bond motifs is 3. The molecule has 3 heterocycles. The zero-order valence-electron chi connectivity index (χ0n) is 15.1. The number of para-hydroxylation sites is 1. The van der Waals surface area contributed by atoms with Crippen molar-refractivity contribution in [2.24, 2.45) is 10.1 Å². The van der Waals surface area contributed by atoms with Gasteiger partial charge in [0.2, 0.25) is 5.91 Å². The molecule has 0 aliphatic carbocycles. The summed E-state index contributed by atoms with van der Waals surface area (Å²) in [6, 6.07) is 7.94. The number of carbonyl (C=O) groups is 1. The quantitative estimate of drug-likeness (QED) is 0.765. The van der Waals surface area contributed by atoms with Crippen LogP contribution in [0.4, 0.5) is 5.69 Å². The predicted molar refractivity (Wildman–Crippen MR) is 108 cm³/mol. The van der Waals surface area contributed by atoms with Crippen molar-refractivity contribution >= 4 is 44.6 Å². The van der Waals surface area contributed by atoms with E-state index >= 15 is 0 Å². The molecule has 3 aliphatic heterocycles. The van der Waals surface area contributed by atoms with E-state index in [2.05, 4.69) is 11.2 Å². The van der Waals surface area contributed by atoms with E-state index in [0.717, 1.165) is 22.8 Å². The maximum absolute atomic E-state index is 12.8. The van der Waals surface area contributed by atoms with Crippen LogP contribution in [0.2, 0.25) is 0 Å². The molecule has 1 aromatic carbocycles. The summed E-state index contributed by atoms with van der Waals surface area (Å²) in [6.07, 6.45) is 3.23. The number of nitrogens with zero attached hydrogens (tertiary/aromatic N) is 4. The van der Waals surface area contributed by atoms with Crippen LogP contribution in [0.1, 0.15) is 31.4 Å². The number of amidine groups is 1. The van der Waals surface area contributed by atoms with Gasteiger partial charge in [0.05, 0.1) is 29.0 Å². The topological polar surface area (TPSA) is 82.4 Å². The van der Waals surface area contributed by atoms with Crippen molar-refractivity contribution in [3.05, 3.63) is 29.8 Å². The zero-order chi connectivity index (χ0) is 19.0. The number of hydrazone groups is 1. The molecule has 3 aliphatic rings. The lowest BCUT2D eigenvalue weighted by molar-refractivity contribution is -0.129. The van der Waals surface area contributed by atoms with Crippen LogP contribution in [0.3, 0.4) is 0 Å². The van der Waals surface area contributed by atoms with Gasteiger partial charge in [-0.05, 0) is 19.4 Å². The minimum Gasteiger partial charge on any atom is -0.338 e. The number of hydrogen-bond acceptors (Lipinski definition) is 7. The smallest absolute Gasteiger partial charge is 0.233 e. The summed E-state index contributed by atoms with van der Waals surface area (Å²) in [4.78, 5) is 19.1. The van der Waals surface area contributed by atoms with Crippen LogP contribution in [0.25, 0.3) is 0 Å². The van der Waals surface area contributed by atoms with Gasteiger partial charge in [0.1, 0.15) is 0 Å². The summed E-state index contributed by atoms with van der Waals surface area (Å²) in [5.74, 6) is 0.419. The Morgan fingerprint density at radius 3 is 2.93 bits per heavy atom. The molecule has 0 N–H and O–H groups in total. The van der Waals surface area contributed by atoms with E-state index < -0.39 is 9.84 Å². The fourth-order valence-electron chi connectivity index (χ4n) is 3.85. The van der Waals surface area contributed by atoms with Gasteiger partial charge >= 0.3 is 0 Å². The number of aliphatic imine (C=N–C) groups is 1. The number of sulfone groups is 1. The molecule has 0 saturated carbocycles. The first-order chi connectivity index (χ1) is 13.0. The zero-order valence-corrected chi connectivity index (χ0v) is 16.7. The number of thioether (sulfide) groups is 1. The van der Waals surface area contributed by atoms with Crippen molar-refractivity contribution in [2.75, 3.05) is 23.8 Å². The summed E-state index contributed by atoms with van der Waals surface area (Å²) in [7, 11) is -3.02. The molecule has 27 heavy (non-hydrogen) atoms. The third kappa shape index (κ3) is 3.62. The molecular weight excluding hydrogens is 384 g/mol. The van der Waals surface area contributed by atoms with Gasteiger partial charge in [-0.2, -0.15) is 5.10 Å². The Balaban J connectivity index is 1.47. The average molecular weight is 407 g/mol. The van der Waals surface area contributed by atoms with Crippen LogP contribution in [0.5, 0.6) is 0 Å². The lowest BCUT2D eigenvalue weighted by atomic mass is 10.0. The van der Waals surface area contributed by atoms with E-state index in [1.54, 1.807) is 4.90 Å². The van der Waals surface area contributed by atoms with Gasteiger partial charge in [-0.15, -0.1) is 0 Å². The summed E-state index contributed by atoms with van der Waals surface area (Å²) >= 11 is 1.37. The molecule has 0 aromatic heterocycles. The second-order valence-electron chi connectivity index (χ2n) is 6.87. The lowest BCUT2D eigenvalue weighted by Gasteiger charge is -2.31. The standard InChI is InChI=1S/C18H22N4O3S2/c1-2-21(13-8-10-27(24,25)12-13)17(23)11-26-18-20-15-6-4-3-5-14(15)16-7-9-19-22(16)18/h3-6,9,13,16H,2,7-8,10-12H2,1H3/t13-,16-/m0/s1. The van der Waals surface area contributed by atoms with E-state index in [9.17, 15) is 13.2 Å². The Bertz CT molecular complexity index is 913. The van der Waals surface area contributed by atoms with E-state index in [4.69, 9.17) is 4.99 Å². The summed E-state index contributed by atoms with van der Waals surface area (Å²) in [5.41, 5.74) is 2.07. The molecular formula is C18H22N4O3S2. The van der Waals surface area contributed by atoms with Gasteiger partial charge in [0.15, 0.2) is 15.0 Å². The van der Waals surface area contributed by atoms with E-state index in [1.807, 2.05) is 36.3 Å². The number of carbonyl (C=O) groups excluding carboxylic acids is 1. The second-order valence-corrected chi connectivity index (χ2v) is 10.0. The van der Waals surface area contributed by atoms with Crippen LogP contribution in [0.15, 0.2) is 34.4 Å². The average Bonchev–Trinajstić information content (AvgIpc) is 3.27. The Morgan fingerprint density at radius 2 is 2.19 bits per heavy atom. The summed E-state index contributed by atoms with van der Waals surface area (Å²) in [5, 5.41) is 7.03. The molecule has 9 heteroatoms. The van der Waals surface area contributed by atoms with Crippen LogP contribution < -0.4 is 0 Å². The molecule has 1 aromatic rings. The summed E-state index contributed by atoms with van der Waals surface area (Å²) in [6.45, 7) is 2.40. The van der Waals surface area contributed by atoms with Crippen molar-refractivity contribution < 1.29 is 13.2 Å². The van der Waals surface area contributed by atoms with Crippen molar-refractivity contribution in [1.29, 1.82) is 0 Å². The monoisotopic (exact) mass is 406 g/mol. The molecule has 144 valence electrons. The minimum atomic E-state index is -3.02. The molecule has 1 saturated heterocycles. The number of hydrogen-bond donors (Lipinski definition) is 0. The van der Waals surface area contributed by atoms with E-state index in [1.165, 1.54) is 11.8 Å². The van der Waals surface area contributed by atoms with Crippen molar-refractivity contribution in [2.45, 2.75) is 31.8 Å². The Morgan fingerprint density at radius 1 is 1.37 bits per heavy atom. The highest BCUT2D eigenvalue weighted by Gasteiger charge is 2.35. The van der Waals surface area contributed by atoms with Gasteiger partial charge in [0.25, 0.3) is 0 Å². The van der Waals surface area contributed by atoms with Crippen LogP contribution in [0, 0.1) is 0 Å². The van der Waals surface area contributed by atoms with Gasteiger partial charge in [-0.1, -0.05) is 30.0 Å². The maximum atomic E-state index is 12.8. The van der Waals surface area contributed by atoms with Gasteiger partial charge in [-0.25, -0.2) is 18.4 Å². The largest absolute Gasteiger partial charge is 0.338 e. The van der Waals surface area contributed by atoms with Crippen LogP contribution in [-0.2, 0) is 14.6 Å². The molecule has 7 nitrogen and oxygen atoms in total. The van der Waals surface area contributed by atoms with Gasteiger partial charge in [-0.3, -0.25) is 4.79 Å². The minimum absolute atomic E-state index is 0.0501. The summed E-state index contributed by atoms with van der Waals surface area (Å²) < 4.78 is 23.5. The Hall–Kier alpha value is -1.87. The number of rotatable bonds is 4. The molecule has 0 spiro atoms. The second kappa shape index (κ2) is 7.27. The Labute approximate surface area is 163 Å². The van der Waals surface area contributed by atoms with Gasteiger partial charge in [0, 0.05) is 30.8 Å². The first-order valence-electron chi connectivity index (χ1n) is 9.10. The Kier molecular flexibility index (Phi) is 4.98. The molecule has 1 amide bonds. The highest BCUT2D eigenvalue weighted by atomic mass is 32.2. The molecule has 0 bridgehead atoms. The van der Waals surface area contributed by atoms with Crippen molar-refractivity contribution in [3.8, 4) is 0 Å². The number of benzene rings is 1. The SMILES string of the molecule is CCN(C(=O)CSC1=Nc2ccccc2[C@@H]2CC=NN12)[C@H]1CCS(=O)(=O)C1. The van der Waals surface area contributed by atoms with Crippen LogP contribution >= 0.6 is 11.8 Å². The molecule has 0 radical (unpaired) electrons. The van der Waals surface area contributed by atoms with E-state index in [-0.39, 0.29) is 35.2 Å². The molecule has 1 fully saturated rings. The fraction of sp³-hybridized carbons (Fsp3) is 0.500.